The number of rotatable bonds is 3. The van der Waals surface area contributed by atoms with E-state index in [1.54, 1.807) is 0 Å². The number of hydrogen-bond acceptors (Lipinski definition) is 5. The van der Waals surface area contributed by atoms with Crippen LogP contribution in [0.3, 0.4) is 0 Å². The van der Waals surface area contributed by atoms with Gasteiger partial charge in [0, 0.05) is 51.9 Å². The quantitative estimate of drug-likeness (QED) is 0.625. The fourth-order valence-electron chi connectivity index (χ4n) is 3.91. The summed E-state index contributed by atoms with van der Waals surface area (Å²) < 4.78 is 10.0. The Hall–Kier alpha value is -2.42. The Labute approximate surface area is 159 Å². The molecule has 0 spiro atoms. The molecule has 2 aromatic rings. The van der Waals surface area contributed by atoms with Gasteiger partial charge in [0.2, 0.25) is 0 Å². The van der Waals surface area contributed by atoms with Crippen molar-refractivity contribution in [2.45, 2.75) is 32.4 Å². The smallest absolute Gasteiger partial charge is 0.193 e. The summed E-state index contributed by atoms with van der Waals surface area (Å²) in [6, 6.07) is 0. The van der Waals surface area contributed by atoms with E-state index in [-0.39, 0.29) is 6.10 Å². The van der Waals surface area contributed by atoms with Crippen LogP contribution >= 0.6 is 0 Å². The molecule has 27 heavy (non-hydrogen) atoms. The topological polar surface area (TPSA) is 85.4 Å². The zero-order valence-corrected chi connectivity index (χ0v) is 16.3. The van der Waals surface area contributed by atoms with Gasteiger partial charge in [-0.3, -0.25) is 9.67 Å². The van der Waals surface area contributed by atoms with Crippen molar-refractivity contribution in [1.29, 1.82) is 0 Å². The molecule has 2 atom stereocenters. The average Bonchev–Trinajstić information content (AvgIpc) is 3.29. The van der Waals surface area contributed by atoms with Gasteiger partial charge in [-0.05, 0) is 19.3 Å². The Morgan fingerprint density at radius 3 is 3.04 bits per heavy atom. The zero-order valence-electron chi connectivity index (χ0n) is 16.3. The van der Waals surface area contributed by atoms with Gasteiger partial charge in [0.05, 0.1) is 19.3 Å². The molecule has 1 fully saturated rings. The van der Waals surface area contributed by atoms with Crippen molar-refractivity contribution < 1.29 is 4.74 Å². The SMILES string of the molecule is CN=C(NCC1CCc2nnc(C)n2C1)N1CCOC(c2cnn(C)c2)C1. The minimum Gasteiger partial charge on any atom is -0.370 e. The number of morpholine rings is 1. The third-order valence-electron chi connectivity index (χ3n) is 5.45. The molecule has 9 nitrogen and oxygen atoms in total. The summed E-state index contributed by atoms with van der Waals surface area (Å²) in [5, 5.41) is 16.3. The number of aromatic nitrogens is 5. The molecule has 1 N–H and O–H groups in total. The number of aliphatic imine (C=N–C) groups is 1. The molecule has 2 aromatic heterocycles. The van der Waals surface area contributed by atoms with Crippen LogP contribution in [0.1, 0.15) is 29.7 Å². The first-order valence-corrected chi connectivity index (χ1v) is 9.58. The van der Waals surface area contributed by atoms with Crippen LogP contribution < -0.4 is 5.32 Å². The van der Waals surface area contributed by atoms with E-state index in [0.717, 1.165) is 62.2 Å². The number of guanidine groups is 1. The van der Waals surface area contributed by atoms with Gasteiger partial charge in [-0.15, -0.1) is 10.2 Å². The largest absolute Gasteiger partial charge is 0.370 e. The lowest BCUT2D eigenvalue weighted by Gasteiger charge is -2.35. The van der Waals surface area contributed by atoms with E-state index < -0.39 is 0 Å². The maximum atomic E-state index is 5.95. The van der Waals surface area contributed by atoms with Crippen LogP contribution in [0.5, 0.6) is 0 Å². The van der Waals surface area contributed by atoms with E-state index in [9.17, 15) is 0 Å². The predicted octanol–water partition coefficient (Wildman–Crippen LogP) is 0.531. The average molecular weight is 372 g/mol. The molecule has 1 saturated heterocycles. The lowest BCUT2D eigenvalue weighted by molar-refractivity contribution is -0.00810. The van der Waals surface area contributed by atoms with Crippen LogP contribution in [0.2, 0.25) is 0 Å². The Morgan fingerprint density at radius 1 is 1.37 bits per heavy atom. The summed E-state index contributed by atoms with van der Waals surface area (Å²) in [7, 11) is 3.78. The second-order valence-corrected chi connectivity index (χ2v) is 7.36. The molecule has 2 unspecified atom stereocenters. The van der Waals surface area contributed by atoms with Crippen molar-refractivity contribution >= 4 is 5.96 Å². The van der Waals surface area contributed by atoms with Crippen LogP contribution in [0, 0.1) is 12.8 Å². The number of aryl methyl sites for hydroxylation is 3. The van der Waals surface area contributed by atoms with Crippen molar-refractivity contribution in [2.24, 2.45) is 18.0 Å². The zero-order chi connectivity index (χ0) is 18.8. The van der Waals surface area contributed by atoms with Crippen LogP contribution in [0.15, 0.2) is 17.4 Å². The van der Waals surface area contributed by atoms with Gasteiger partial charge in [0.25, 0.3) is 0 Å². The summed E-state index contributed by atoms with van der Waals surface area (Å²) >= 11 is 0. The minimum atomic E-state index is 0.0305. The summed E-state index contributed by atoms with van der Waals surface area (Å²) in [5.41, 5.74) is 1.11. The highest BCUT2D eigenvalue weighted by atomic mass is 16.5. The maximum Gasteiger partial charge on any atom is 0.193 e. The fraction of sp³-hybridized carbons (Fsp3) is 0.667. The highest BCUT2D eigenvalue weighted by molar-refractivity contribution is 5.80. The van der Waals surface area contributed by atoms with E-state index in [4.69, 9.17) is 4.74 Å². The molecule has 0 bridgehead atoms. The highest BCUT2D eigenvalue weighted by Crippen LogP contribution is 2.22. The molecular formula is C18H28N8O. The van der Waals surface area contributed by atoms with Crippen LogP contribution in [0.25, 0.3) is 0 Å². The summed E-state index contributed by atoms with van der Waals surface area (Å²) in [6.07, 6.45) is 6.05. The number of ether oxygens (including phenoxy) is 1. The third kappa shape index (κ3) is 3.83. The second-order valence-electron chi connectivity index (χ2n) is 7.36. The number of nitrogens with zero attached hydrogens (tertiary/aromatic N) is 7. The van der Waals surface area contributed by atoms with Gasteiger partial charge in [-0.2, -0.15) is 5.10 Å². The molecule has 0 amide bonds. The van der Waals surface area contributed by atoms with Crippen LogP contribution in [-0.4, -0.2) is 68.7 Å². The summed E-state index contributed by atoms with van der Waals surface area (Å²) in [6.45, 7) is 6.21. The van der Waals surface area contributed by atoms with E-state index in [1.807, 2.05) is 38.1 Å². The molecule has 2 aliphatic rings. The van der Waals surface area contributed by atoms with Gasteiger partial charge in [-0.25, -0.2) is 0 Å². The van der Waals surface area contributed by atoms with Gasteiger partial charge in [0.15, 0.2) is 5.96 Å². The first-order valence-electron chi connectivity index (χ1n) is 9.58. The van der Waals surface area contributed by atoms with Crippen LogP contribution in [0.4, 0.5) is 0 Å². The van der Waals surface area contributed by atoms with Gasteiger partial charge in [0.1, 0.15) is 17.8 Å². The number of fused-ring (bicyclic) bond motifs is 1. The Kier molecular flexibility index (Phi) is 5.11. The molecule has 9 heteroatoms. The Balaban J connectivity index is 1.34. The maximum absolute atomic E-state index is 5.95. The van der Waals surface area contributed by atoms with E-state index in [1.165, 1.54) is 0 Å². The highest BCUT2D eigenvalue weighted by Gasteiger charge is 2.26. The van der Waals surface area contributed by atoms with E-state index in [2.05, 4.69) is 35.1 Å². The first-order chi connectivity index (χ1) is 13.1. The van der Waals surface area contributed by atoms with Gasteiger partial charge >= 0.3 is 0 Å². The van der Waals surface area contributed by atoms with Crippen molar-refractivity contribution in [2.75, 3.05) is 33.3 Å². The molecule has 0 aliphatic carbocycles. The monoisotopic (exact) mass is 372 g/mol. The number of hydrogen-bond donors (Lipinski definition) is 1. The van der Waals surface area contributed by atoms with E-state index >= 15 is 0 Å². The van der Waals surface area contributed by atoms with Gasteiger partial charge < -0.3 is 19.5 Å². The second kappa shape index (κ2) is 7.67. The summed E-state index contributed by atoms with van der Waals surface area (Å²) in [5.74, 6) is 3.62. The third-order valence-corrected chi connectivity index (χ3v) is 5.45. The molecule has 146 valence electrons. The predicted molar refractivity (Wildman–Crippen MR) is 101 cm³/mol. The van der Waals surface area contributed by atoms with Crippen molar-refractivity contribution in [3.05, 3.63) is 29.6 Å². The van der Waals surface area contributed by atoms with E-state index in [0.29, 0.717) is 12.5 Å². The minimum absolute atomic E-state index is 0.0305. The number of nitrogens with one attached hydrogen (secondary N) is 1. The Morgan fingerprint density at radius 2 is 2.26 bits per heavy atom. The lowest BCUT2D eigenvalue weighted by Crippen LogP contribution is -2.49. The summed E-state index contributed by atoms with van der Waals surface area (Å²) in [4.78, 5) is 6.78. The fourth-order valence-corrected chi connectivity index (χ4v) is 3.91. The molecule has 4 heterocycles. The molecule has 2 aliphatic heterocycles. The molecule has 0 radical (unpaired) electrons. The van der Waals surface area contributed by atoms with Crippen LogP contribution in [-0.2, 0) is 24.8 Å². The van der Waals surface area contributed by atoms with Gasteiger partial charge in [-0.1, -0.05) is 0 Å². The Bertz CT molecular complexity index is 810. The first kappa shape index (κ1) is 18.0. The van der Waals surface area contributed by atoms with Crippen molar-refractivity contribution in [1.82, 2.24) is 34.8 Å². The van der Waals surface area contributed by atoms with Crippen molar-refractivity contribution in [3.8, 4) is 0 Å². The molecule has 0 saturated carbocycles. The molecule has 0 aromatic carbocycles. The normalized spacial score (nSPS) is 23.4. The molecular weight excluding hydrogens is 344 g/mol. The lowest BCUT2D eigenvalue weighted by atomic mass is 9.99. The van der Waals surface area contributed by atoms with Crippen molar-refractivity contribution in [3.63, 3.8) is 0 Å². The standard InChI is InChI=1S/C18H28N8O/c1-13-22-23-17-5-4-14(10-26(13)17)8-20-18(19-2)25-6-7-27-16(12-25)15-9-21-24(3)11-15/h9,11,14,16H,4-8,10,12H2,1-3H3,(H,19,20). The molecule has 4 rings (SSSR count).